The molecular weight excluding hydrogens is 292 g/mol. The zero-order valence-corrected chi connectivity index (χ0v) is 12.4. The molecule has 0 amide bonds. The van der Waals surface area contributed by atoms with Crippen molar-refractivity contribution >= 4 is 15.9 Å². The number of nitrogens with two attached hydrogens (primary N) is 1. The van der Waals surface area contributed by atoms with Gasteiger partial charge in [-0.1, -0.05) is 19.1 Å². The molecule has 3 nitrogen and oxygen atoms in total. The lowest BCUT2D eigenvalue weighted by Gasteiger charge is -2.20. The fourth-order valence-electron chi connectivity index (χ4n) is 2.38. The lowest BCUT2D eigenvalue weighted by molar-refractivity contribution is 0.240. The van der Waals surface area contributed by atoms with Gasteiger partial charge in [-0.25, -0.2) is 0 Å². The zero-order chi connectivity index (χ0) is 13.0. The second kappa shape index (κ2) is 6.55. The van der Waals surface area contributed by atoms with Crippen LogP contribution in [0.3, 0.4) is 0 Å². The summed E-state index contributed by atoms with van der Waals surface area (Å²) in [4.78, 5) is 2.45. The molecular formula is C14H21BrN2O. The predicted molar refractivity (Wildman–Crippen MR) is 77.8 cm³/mol. The highest BCUT2D eigenvalue weighted by molar-refractivity contribution is 9.10. The van der Waals surface area contributed by atoms with Gasteiger partial charge in [0.05, 0.1) is 4.47 Å². The molecule has 1 heterocycles. The summed E-state index contributed by atoms with van der Waals surface area (Å²) in [5, 5.41) is 0. The smallest absolute Gasteiger partial charge is 0.133 e. The van der Waals surface area contributed by atoms with Crippen molar-refractivity contribution in [2.24, 2.45) is 11.7 Å². The summed E-state index contributed by atoms with van der Waals surface area (Å²) in [5.74, 6) is 1.44. The minimum Gasteiger partial charge on any atom is -0.491 e. The van der Waals surface area contributed by atoms with Gasteiger partial charge in [0.2, 0.25) is 0 Å². The van der Waals surface area contributed by atoms with Crippen LogP contribution in [0.1, 0.15) is 13.3 Å². The first-order valence-electron chi connectivity index (χ1n) is 6.56. The molecule has 2 rings (SSSR count). The second-order valence-corrected chi connectivity index (χ2v) is 5.70. The molecule has 1 aliphatic heterocycles. The minimum absolute atomic E-state index is 0.119. The number of likely N-dealkylation sites (tertiary alicyclic amines) is 1. The van der Waals surface area contributed by atoms with Crippen molar-refractivity contribution in [3.63, 3.8) is 0 Å². The van der Waals surface area contributed by atoms with E-state index in [-0.39, 0.29) is 6.04 Å². The quantitative estimate of drug-likeness (QED) is 0.908. The number of para-hydroxylation sites is 1. The van der Waals surface area contributed by atoms with E-state index >= 15 is 0 Å². The first-order chi connectivity index (χ1) is 8.70. The van der Waals surface area contributed by atoms with Crippen molar-refractivity contribution in [1.82, 2.24) is 4.90 Å². The number of rotatable bonds is 5. The highest BCUT2D eigenvalue weighted by Gasteiger charge is 2.26. The van der Waals surface area contributed by atoms with Gasteiger partial charge in [0, 0.05) is 12.6 Å². The Morgan fingerprint density at radius 3 is 2.94 bits per heavy atom. The Morgan fingerprint density at radius 2 is 2.28 bits per heavy atom. The second-order valence-electron chi connectivity index (χ2n) is 4.85. The van der Waals surface area contributed by atoms with Gasteiger partial charge in [-0.3, -0.25) is 0 Å². The molecule has 0 aliphatic carbocycles. The summed E-state index contributed by atoms with van der Waals surface area (Å²) >= 11 is 3.48. The van der Waals surface area contributed by atoms with Crippen LogP contribution in [0.15, 0.2) is 28.7 Å². The highest BCUT2D eigenvalue weighted by Crippen LogP contribution is 2.25. The van der Waals surface area contributed by atoms with E-state index < -0.39 is 0 Å². The van der Waals surface area contributed by atoms with Gasteiger partial charge in [-0.05, 0) is 53.5 Å². The maximum atomic E-state index is 6.23. The number of hydrogen-bond acceptors (Lipinski definition) is 3. The largest absolute Gasteiger partial charge is 0.491 e. The van der Waals surface area contributed by atoms with Crippen LogP contribution in [-0.4, -0.2) is 37.2 Å². The average molecular weight is 313 g/mol. The Balaban J connectivity index is 1.82. The third-order valence-electron chi connectivity index (χ3n) is 3.63. The van der Waals surface area contributed by atoms with Crippen molar-refractivity contribution in [1.29, 1.82) is 0 Å². The predicted octanol–water partition coefficient (Wildman–Crippen LogP) is 2.50. The molecule has 1 aromatic carbocycles. The Kier molecular flexibility index (Phi) is 5.03. The normalized spacial score (nSPS) is 22.1. The van der Waals surface area contributed by atoms with Crippen LogP contribution in [0.5, 0.6) is 5.75 Å². The van der Waals surface area contributed by atoms with E-state index in [2.05, 4.69) is 27.8 Å². The molecule has 0 spiro atoms. The molecule has 18 heavy (non-hydrogen) atoms. The summed E-state index contributed by atoms with van der Waals surface area (Å²) in [5.41, 5.74) is 6.23. The van der Waals surface area contributed by atoms with Crippen LogP contribution in [0.4, 0.5) is 0 Å². The van der Waals surface area contributed by atoms with Crippen molar-refractivity contribution in [3.05, 3.63) is 28.7 Å². The van der Waals surface area contributed by atoms with Crippen molar-refractivity contribution < 1.29 is 4.74 Å². The van der Waals surface area contributed by atoms with E-state index in [1.807, 2.05) is 24.3 Å². The first-order valence-corrected chi connectivity index (χ1v) is 7.35. The van der Waals surface area contributed by atoms with E-state index in [4.69, 9.17) is 10.5 Å². The van der Waals surface area contributed by atoms with Gasteiger partial charge in [-0.15, -0.1) is 0 Å². The molecule has 0 radical (unpaired) electrons. The van der Waals surface area contributed by atoms with Gasteiger partial charge >= 0.3 is 0 Å². The monoisotopic (exact) mass is 312 g/mol. The Bertz CT molecular complexity index is 386. The van der Waals surface area contributed by atoms with E-state index in [0.717, 1.165) is 23.3 Å². The zero-order valence-electron chi connectivity index (χ0n) is 10.8. The SMILES string of the molecule is CCN1CCC(C(N)COc2ccccc2Br)C1. The van der Waals surface area contributed by atoms with Crippen molar-refractivity contribution in [3.8, 4) is 5.75 Å². The molecule has 2 N–H and O–H groups in total. The average Bonchev–Trinajstić information content (AvgIpc) is 2.86. The Morgan fingerprint density at radius 1 is 1.50 bits per heavy atom. The van der Waals surface area contributed by atoms with Gasteiger partial charge in [0.1, 0.15) is 12.4 Å². The molecule has 0 bridgehead atoms. The van der Waals surface area contributed by atoms with Crippen LogP contribution in [-0.2, 0) is 0 Å². The van der Waals surface area contributed by atoms with Crippen molar-refractivity contribution in [2.45, 2.75) is 19.4 Å². The summed E-state index contributed by atoms with van der Waals surface area (Å²) in [6.45, 7) is 6.19. The third-order valence-corrected chi connectivity index (χ3v) is 4.28. The molecule has 2 unspecified atom stereocenters. The molecule has 0 saturated carbocycles. The third kappa shape index (κ3) is 3.46. The Hall–Kier alpha value is -0.580. The molecule has 100 valence electrons. The van der Waals surface area contributed by atoms with Crippen LogP contribution in [0.2, 0.25) is 0 Å². The van der Waals surface area contributed by atoms with Gasteiger partial charge in [-0.2, -0.15) is 0 Å². The highest BCUT2D eigenvalue weighted by atomic mass is 79.9. The van der Waals surface area contributed by atoms with Gasteiger partial charge in [0.15, 0.2) is 0 Å². The molecule has 0 aromatic heterocycles. The summed E-state index contributed by atoms with van der Waals surface area (Å²) < 4.78 is 6.77. The topological polar surface area (TPSA) is 38.5 Å². The lowest BCUT2D eigenvalue weighted by atomic mass is 10.0. The Labute approximate surface area is 117 Å². The number of benzene rings is 1. The van der Waals surface area contributed by atoms with E-state index in [9.17, 15) is 0 Å². The molecule has 1 saturated heterocycles. The minimum atomic E-state index is 0.119. The summed E-state index contributed by atoms with van der Waals surface area (Å²) in [6.07, 6.45) is 1.19. The maximum Gasteiger partial charge on any atom is 0.133 e. The van der Waals surface area contributed by atoms with Gasteiger partial charge in [0.25, 0.3) is 0 Å². The lowest BCUT2D eigenvalue weighted by Crippen LogP contribution is -2.37. The van der Waals surface area contributed by atoms with Crippen LogP contribution >= 0.6 is 15.9 Å². The first kappa shape index (κ1) is 13.8. The molecule has 1 fully saturated rings. The van der Waals surface area contributed by atoms with E-state index in [1.54, 1.807) is 0 Å². The molecule has 2 atom stereocenters. The molecule has 1 aromatic rings. The van der Waals surface area contributed by atoms with Crippen LogP contribution < -0.4 is 10.5 Å². The summed E-state index contributed by atoms with van der Waals surface area (Å²) in [7, 11) is 0. The number of nitrogens with zero attached hydrogens (tertiary/aromatic N) is 1. The van der Waals surface area contributed by atoms with Gasteiger partial charge < -0.3 is 15.4 Å². The van der Waals surface area contributed by atoms with Crippen molar-refractivity contribution in [2.75, 3.05) is 26.2 Å². The molecule has 1 aliphatic rings. The molecule has 4 heteroatoms. The van der Waals surface area contributed by atoms with E-state index in [1.165, 1.54) is 13.0 Å². The fraction of sp³-hybridized carbons (Fsp3) is 0.571. The van der Waals surface area contributed by atoms with Crippen LogP contribution in [0.25, 0.3) is 0 Å². The number of ether oxygens (including phenoxy) is 1. The maximum absolute atomic E-state index is 6.23. The standard InChI is InChI=1S/C14H21BrN2O/c1-2-17-8-7-11(9-17)13(16)10-18-14-6-4-3-5-12(14)15/h3-6,11,13H,2,7-10,16H2,1H3. The van der Waals surface area contributed by atoms with E-state index in [0.29, 0.717) is 12.5 Å². The summed E-state index contributed by atoms with van der Waals surface area (Å²) in [6, 6.07) is 8.01. The number of halogens is 1. The fourth-order valence-corrected chi connectivity index (χ4v) is 2.78. The van der Waals surface area contributed by atoms with Crippen LogP contribution in [0, 0.1) is 5.92 Å². The number of hydrogen-bond donors (Lipinski definition) is 1.